The van der Waals surface area contributed by atoms with Crippen molar-refractivity contribution in [2.45, 2.75) is 19.5 Å². The van der Waals surface area contributed by atoms with Crippen molar-refractivity contribution in [1.82, 2.24) is 14.8 Å². The van der Waals surface area contributed by atoms with E-state index in [-0.39, 0.29) is 0 Å². The fourth-order valence-corrected chi connectivity index (χ4v) is 1.87. The zero-order chi connectivity index (χ0) is 11.4. The van der Waals surface area contributed by atoms with Crippen LogP contribution in [0, 0.1) is 0 Å². The Labute approximate surface area is 103 Å². The highest BCUT2D eigenvalue weighted by Crippen LogP contribution is 2.14. The van der Waals surface area contributed by atoms with Crippen molar-refractivity contribution in [3.63, 3.8) is 0 Å². The van der Waals surface area contributed by atoms with Gasteiger partial charge in [-0.1, -0.05) is 0 Å². The second kappa shape index (κ2) is 5.12. The fourth-order valence-electron chi connectivity index (χ4n) is 1.51. The van der Waals surface area contributed by atoms with Gasteiger partial charge in [0.1, 0.15) is 0 Å². The SMILES string of the molecule is CC(Cn1cccn1)Nc1cncc(Br)c1. The Bertz CT molecular complexity index is 441. The molecule has 1 unspecified atom stereocenters. The van der Waals surface area contributed by atoms with Gasteiger partial charge in [0.25, 0.3) is 0 Å². The highest BCUT2D eigenvalue weighted by molar-refractivity contribution is 9.10. The van der Waals surface area contributed by atoms with E-state index < -0.39 is 0 Å². The molecule has 0 saturated carbocycles. The molecule has 1 N–H and O–H groups in total. The molecule has 2 rings (SSSR count). The van der Waals surface area contributed by atoms with Crippen molar-refractivity contribution >= 4 is 21.6 Å². The van der Waals surface area contributed by atoms with Crippen LogP contribution in [0.2, 0.25) is 0 Å². The van der Waals surface area contributed by atoms with Crippen LogP contribution in [-0.4, -0.2) is 20.8 Å². The van der Waals surface area contributed by atoms with Gasteiger partial charge in [0, 0.05) is 29.1 Å². The minimum absolute atomic E-state index is 0.302. The summed E-state index contributed by atoms with van der Waals surface area (Å²) in [7, 11) is 0. The molecule has 0 aliphatic heterocycles. The second-order valence-electron chi connectivity index (χ2n) is 3.67. The van der Waals surface area contributed by atoms with Crippen LogP contribution in [0.5, 0.6) is 0 Å². The molecule has 0 aliphatic rings. The summed E-state index contributed by atoms with van der Waals surface area (Å²) in [4.78, 5) is 4.10. The molecule has 5 heteroatoms. The van der Waals surface area contributed by atoms with Crippen LogP contribution < -0.4 is 5.32 Å². The minimum atomic E-state index is 0.302. The van der Waals surface area contributed by atoms with Gasteiger partial charge in [-0.15, -0.1) is 0 Å². The van der Waals surface area contributed by atoms with E-state index in [1.807, 2.05) is 29.2 Å². The third-order valence-corrected chi connectivity index (χ3v) is 2.57. The maximum atomic E-state index is 4.17. The summed E-state index contributed by atoms with van der Waals surface area (Å²) in [5, 5.41) is 7.53. The lowest BCUT2D eigenvalue weighted by Crippen LogP contribution is -2.22. The first kappa shape index (κ1) is 11.1. The molecular weight excluding hydrogens is 268 g/mol. The van der Waals surface area contributed by atoms with E-state index in [2.05, 4.69) is 38.3 Å². The van der Waals surface area contributed by atoms with Crippen LogP contribution in [0.1, 0.15) is 6.92 Å². The monoisotopic (exact) mass is 280 g/mol. The van der Waals surface area contributed by atoms with Gasteiger partial charge < -0.3 is 5.32 Å². The average molecular weight is 281 g/mol. The van der Waals surface area contributed by atoms with Crippen LogP contribution in [0.3, 0.4) is 0 Å². The lowest BCUT2D eigenvalue weighted by molar-refractivity contribution is 0.561. The Kier molecular flexibility index (Phi) is 3.56. The first-order valence-electron chi connectivity index (χ1n) is 5.08. The van der Waals surface area contributed by atoms with Gasteiger partial charge in [-0.25, -0.2) is 0 Å². The van der Waals surface area contributed by atoms with Gasteiger partial charge in [0.2, 0.25) is 0 Å². The maximum absolute atomic E-state index is 4.17. The number of nitrogens with zero attached hydrogens (tertiary/aromatic N) is 3. The summed E-state index contributed by atoms with van der Waals surface area (Å²) < 4.78 is 2.88. The van der Waals surface area contributed by atoms with E-state index in [1.54, 1.807) is 12.4 Å². The summed E-state index contributed by atoms with van der Waals surface area (Å²) in [6, 6.07) is 4.23. The Balaban J connectivity index is 1.94. The summed E-state index contributed by atoms with van der Waals surface area (Å²) in [6.45, 7) is 2.95. The van der Waals surface area contributed by atoms with Crippen molar-refractivity contribution in [3.05, 3.63) is 41.4 Å². The predicted octanol–water partition coefficient (Wildman–Crippen LogP) is 2.54. The molecule has 0 aliphatic carbocycles. The number of hydrogen-bond acceptors (Lipinski definition) is 3. The molecule has 0 amide bonds. The Morgan fingerprint density at radius 2 is 2.38 bits per heavy atom. The molecule has 4 nitrogen and oxygen atoms in total. The molecule has 1 atom stereocenters. The Morgan fingerprint density at radius 3 is 3.06 bits per heavy atom. The van der Waals surface area contributed by atoms with Gasteiger partial charge in [-0.3, -0.25) is 9.67 Å². The second-order valence-corrected chi connectivity index (χ2v) is 4.58. The van der Waals surface area contributed by atoms with Crippen molar-refractivity contribution in [2.24, 2.45) is 0 Å². The predicted molar refractivity (Wildman–Crippen MR) is 67.2 cm³/mol. The van der Waals surface area contributed by atoms with Gasteiger partial charge in [0.15, 0.2) is 0 Å². The Morgan fingerprint density at radius 1 is 1.50 bits per heavy atom. The molecule has 2 aromatic rings. The first-order valence-corrected chi connectivity index (χ1v) is 5.88. The van der Waals surface area contributed by atoms with E-state index in [0.717, 1.165) is 16.7 Å². The smallest absolute Gasteiger partial charge is 0.0608 e. The summed E-state index contributed by atoms with van der Waals surface area (Å²) in [5.41, 5.74) is 1.01. The van der Waals surface area contributed by atoms with Crippen LogP contribution in [0.15, 0.2) is 41.4 Å². The standard InChI is InChI=1S/C11H13BrN4/c1-9(8-16-4-2-3-14-16)15-11-5-10(12)6-13-7-11/h2-7,9,15H,8H2,1H3. The van der Waals surface area contributed by atoms with Crippen LogP contribution in [-0.2, 0) is 6.54 Å². The van der Waals surface area contributed by atoms with E-state index >= 15 is 0 Å². The van der Waals surface area contributed by atoms with Crippen LogP contribution >= 0.6 is 15.9 Å². The third kappa shape index (κ3) is 3.06. The molecule has 0 radical (unpaired) electrons. The number of rotatable bonds is 4. The summed E-state index contributed by atoms with van der Waals surface area (Å²) >= 11 is 3.39. The molecule has 0 bridgehead atoms. The van der Waals surface area contributed by atoms with Crippen LogP contribution in [0.4, 0.5) is 5.69 Å². The number of pyridine rings is 1. The summed E-state index contributed by atoms with van der Waals surface area (Å²) in [6.07, 6.45) is 7.32. The molecule has 2 heterocycles. The molecule has 0 spiro atoms. The summed E-state index contributed by atoms with van der Waals surface area (Å²) in [5.74, 6) is 0. The molecule has 0 saturated heterocycles. The number of hydrogen-bond donors (Lipinski definition) is 1. The molecule has 84 valence electrons. The van der Waals surface area contributed by atoms with E-state index in [0.29, 0.717) is 6.04 Å². The van der Waals surface area contributed by atoms with Crippen LogP contribution in [0.25, 0.3) is 0 Å². The van der Waals surface area contributed by atoms with Gasteiger partial charge in [0.05, 0.1) is 18.4 Å². The number of anilines is 1. The number of nitrogens with one attached hydrogen (secondary N) is 1. The molecular formula is C11H13BrN4. The zero-order valence-electron chi connectivity index (χ0n) is 8.97. The van der Waals surface area contributed by atoms with Gasteiger partial charge in [-0.2, -0.15) is 5.10 Å². The van der Waals surface area contributed by atoms with Crippen molar-refractivity contribution in [3.8, 4) is 0 Å². The minimum Gasteiger partial charge on any atom is -0.379 e. The molecule has 0 aromatic carbocycles. The fraction of sp³-hybridized carbons (Fsp3) is 0.273. The topological polar surface area (TPSA) is 42.7 Å². The quantitative estimate of drug-likeness (QED) is 0.936. The van der Waals surface area contributed by atoms with Crippen molar-refractivity contribution < 1.29 is 0 Å². The Hall–Kier alpha value is -1.36. The maximum Gasteiger partial charge on any atom is 0.0608 e. The number of aromatic nitrogens is 3. The van der Waals surface area contributed by atoms with Gasteiger partial charge >= 0.3 is 0 Å². The van der Waals surface area contributed by atoms with E-state index in [9.17, 15) is 0 Å². The molecule has 16 heavy (non-hydrogen) atoms. The number of halogens is 1. The average Bonchev–Trinajstić information content (AvgIpc) is 2.70. The van der Waals surface area contributed by atoms with Crippen molar-refractivity contribution in [2.75, 3.05) is 5.32 Å². The highest BCUT2D eigenvalue weighted by Gasteiger charge is 2.03. The zero-order valence-corrected chi connectivity index (χ0v) is 10.6. The van der Waals surface area contributed by atoms with E-state index in [1.165, 1.54) is 0 Å². The largest absolute Gasteiger partial charge is 0.379 e. The normalized spacial score (nSPS) is 12.4. The third-order valence-electron chi connectivity index (χ3n) is 2.14. The lowest BCUT2D eigenvalue weighted by Gasteiger charge is -2.15. The van der Waals surface area contributed by atoms with E-state index in [4.69, 9.17) is 0 Å². The molecule has 2 aromatic heterocycles. The highest BCUT2D eigenvalue weighted by atomic mass is 79.9. The van der Waals surface area contributed by atoms with Gasteiger partial charge in [-0.05, 0) is 35.0 Å². The first-order chi connectivity index (χ1) is 7.74. The van der Waals surface area contributed by atoms with Crippen molar-refractivity contribution in [1.29, 1.82) is 0 Å². The lowest BCUT2D eigenvalue weighted by atomic mass is 10.3. The molecule has 0 fully saturated rings.